The monoisotopic (exact) mass is 457 g/mol. The Labute approximate surface area is 189 Å². The Morgan fingerprint density at radius 2 is 1.79 bits per heavy atom. The third-order valence-electron chi connectivity index (χ3n) is 6.48. The second kappa shape index (κ2) is 8.49. The maximum atomic E-state index is 13.5. The van der Waals surface area contributed by atoms with Gasteiger partial charge in [-0.25, -0.2) is 8.78 Å². The van der Waals surface area contributed by atoms with Gasteiger partial charge in [0.1, 0.15) is 5.69 Å². The Balaban J connectivity index is 1.38. The molecule has 0 saturated heterocycles. The zero-order valence-corrected chi connectivity index (χ0v) is 18.7. The summed E-state index contributed by atoms with van der Waals surface area (Å²) in [7, 11) is 0. The summed E-state index contributed by atoms with van der Waals surface area (Å²) in [6, 6.07) is 5.27. The van der Waals surface area contributed by atoms with Crippen molar-refractivity contribution in [2.45, 2.75) is 51.9 Å². The Bertz CT molecular complexity index is 1150. The van der Waals surface area contributed by atoms with Crippen LogP contribution in [0, 0.1) is 24.0 Å². The molecule has 2 aromatic heterocycles. The van der Waals surface area contributed by atoms with Gasteiger partial charge in [-0.1, -0.05) is 19.0 Å². The van der Waals surface area contributed by atoms with Crippen LogP contribution in [0.25, 0.3) is 11.5 Å². The van der Waals surface area contributed by atoms with Gasteiger partial charge in [0, 0.05) is 17.5 Å². The highest BCUT2D eigenvalue weighted by Gasteiger charge is 2.42. The van der Waals surface area contributed by atoms with Crippen LogP contribution in [0.3, 0.4) is 0 Å². The number of hydrogen-bond acceptors (Lipinski definition) is 7. The number of carbonyl (C=O) groups excluding carboxylic acids is 1. The molecule has 10 heteroatoms. The number of carbonyl (C=O) groups is 1. The molecule has 1 amide bonds. The first-order valence-electron chi connectivity index (χ1n) is 10.7. The van der Waals surface area contributed by atoms with Crippen molar-refractivity contribution in [3.63, 3.8) is 0 Å². The number of aryl methyl sites for hydroxylation is 1. The van der Waals surface area contributed by atoms with Crippen LogP contribution in [-0.2, 0) is 5.41 Å². The number of benzene rings is 1. The van der Waals surface area contributed by atoms with Crippen LogP contribution in [0.5, 0.6) is 5.75 Å². The van der Waals surface area contributed by atoms with Crippen molar-refractivity contribution in [1.82, 2.24) is 25.7 Å². The highest BCUT2D eigenvalue weighted by molar-refractivity contribution is 5.94. The Kier molecular flexibility index (Phi) is 5.85. The second-order valence-electron chi connectivity index (χ2n) is 9.33. The summed E-state index contributed by atoms with van der Waals surface area (Å²) in [5.74, 6) is -3.09. The van der Waals surface area contributed by atoms with E-state index in [-0.39, 0.29) is 16.4 Å². The van der Waals surface area contributed by atoms with Crippen molar-refractivity contribution in [3.8, 4) is 17.3 Å². The molecule has 0 bridgehead atoms. The minimum atomic E-state index is -1.17. The molecule has 174 valence electrons. The fourth-order valence-electron chi connectivity index (χ4n) is 3.98. The molecule has 2 heterocycles. The summed E-state index contributed by atoms with van der Waals surface area (Å²) in [6.07, 6.45) is 3.10. The molecular formula is C23H25F2N5O3. The first kappa shape index (κ1) is 22.8. The van der Waals surface area contributed by atoms with E-state index >= 15 is 0 Å². The van der Waals surface area contributed by atoms with Crippen LogP contribution >= 0.6 is 0 Å². The van der Waals surface area contributed by atoms with Gasteiger partial charge in [0.25, 0.3) is 5.91 Å². The molecule has 0 aliphatic heterocycles. The quantitative estimate of drug-likeness (QED) is 0.593. The predicted octanol–water partition coefficient (Wildman–Crippen LogP) is 4.09. The van der Waals surface area contributed by atoms with Crippen molar-refractivity contribution in [3.05, 3.63) is 53.0 Å². The van der Waals surface area contributed by atoms with E-state index < -0.39 is 23.3 Å². The topological polar surface area (TPSA) is 114 Å². The number of phenols is 1. The maximum absolute atomic E-state index is 13.5. The van der Waals surface area contributed by atoms with Crippen molar-refractivity contribution in [1.29, 1.82) is 0 Å². The average Bonchev–Trinajstić information content (AvgIpc) is 3.30. The molecular weight excluding hydrogens is 432 g/mol. The number of nitrogens with one attached hydrogen (secondary N) is 1. The standard InChI is InChI=1S/C23H25F2N5O3/c1-13-4-5-17(29-28-13)19-27-21(33-30-19)23(3)8-6-22(2,7-9-23)12-26-20(32)14-10-15(24)18(31)16(25)11-14/h4-5,10-11,31H,6-9,12H2,1-3H3,(H,26,32). The maximum Gasteiger partial charge on any atom is 0.251 e. The van der Waals surface area contributed by atoms with E-state index in [1.54, 1.807) is 6.07 Å². The zero-order valence-electron chi connectivity index (χ0n) is 18.7. The molecule has 1 fully saturated rings. The molecule has 1 aromatic carbocycles. The van der Waals surface area contributed by atoms with Gasteiger partial charge < -0.3 is 14.9 Å². The fourth-order valence-corrected chi connectivity index (χ4v) is 3.98. The molecule has 8 nitrogen and oxygen atoms in total. The van der Waals surface area contributed by atoms with Crippen molar-refractivity contribution >= 4 is 5.91 Å². The lowest BCUT2D eigenvalue weighted by Crippen LogP contribution is -2.41. The lowest BCUT2D eigenvalue weighted by atomic mass is 9.65. The summed E-state index contributed by atoms with van der Waals surface area (Å²) in [5, 5.41) is 24.1. The van der Waals surface area contributed by atoms with Crippen LogP contribution in [0.4, 0.5) is 8.78 Å². The third kappa shape index (κ3) is 4.69. The van der Waals surface area contributed by atoms with E-state index in [0.29, 0.717) is 24.0 Å². The normalized spacial score (nSPS) is 22.8. The van der Waals surface area contributed by atoms with Gasteiger partial charge in [0.15, 0.2) is 17.4 Å². The largest absolute Gasteiger partial charge is 0.503 e. The molecule has 0 radical (unpaired) electrons. The Morgan fingerprint density at radius 1 is 1.12 bits per heavy atom. The molecule has 1 aliphatic rings. The van der Waals surface area contributed by atoms with Crippen LogP contribution in [0.1, 0.15) is 61.5 Å². The predicted molar refractivity (Wildman–Crippen MR) is 114 cm³/mol. The van der Waals surface area contributed by atoms with Crippen molar-refractivity contribution in [2.75, 3.05) is 6.54 Å². The first-order chi connectivity index (χ1) is 15.6. The van der Waals surface area contributed by atoms with E-state index in [1.165, 1.54) is 0 Å². The summed E-state index contributed by atoms with van der Waals surface area (Å²) in [5.41, 5.74) is 0.660. The fraction of sp³-hybridized carbons (Fsp3) is 0.435. The van der Waals surface area contributed by atoms with E-state index in [4.69, 9.17) is 4.52 Å². The molecule has 0 spiro atoms. The number of hydrogen-bond donors (Lipinski definition) is 2. The minimum absolute atomic E-state index is 0.176. The number of amides is 1. The SMILES string of the molecule is Cc1ccc(-c2noc(C3(C)CCC(C)(CNC(=O)c4cc(F)c(O)c(F)c4)CC3)n2)nn1. The average molecular weight is 457 g/mol. The van der Waals surface area contributed by atoms with Crippen LogP contribution in [0.2, 0.25) is 0 Å². The van der Waals surface area contributed by atoms with E-state index in [0.717, 1.165) is 43.5 Å². The molecule has 0 atom stereocenters. The van der Waals surface area contributed by atoms with Gasteiger partial charge in [-0.3, -0.25) is 4.79 Å². The van der Waals surface area contributed by atoms with E-state index in [2.05, 4.69) is 39.5 Å². The first-order valence-corrected chi connectivity index (χ1v) is 10.7. The number of nitrogens with zero attached hydrogens (tertiary/aromatic N) is 4. The van der Waals surface area contributed by atoms with Crippen molar-refractivity contribution in [2.24, 2.45) is 5.41 Å². The molecule has 2 N–H and O–H groups in total. The van der Waals surface area contributed by atoms with Crippen molar-refractivity contribution < 1.29 is 23.2 Å². The number of aromatic hydroxyl groups is 1. The molecule has 33 heavy (non-hydrogen) atoms. The number of halogens is 2. The summed E-state index contributed by atoms with van der Waals surface area (Å²) in [4.78, 5) is 16.9. The van der Waals surface area contributed by atoms with Gasteiger partial charge in [0.05, 0.1) is 5.69 Å². The molecule has 0 unspecified atom stereocenters. The van der Waals surface area contributed by atoms with Gasteiger partial charge >= 0.3 is 0 Å². The minimum Gasteiger partial charge on any atom is -0.503 e. The molecule has 4 rings (SSSR count). The number of rotatable bonds is 5. The Hall–Kier alpha value is -3.43. The van der Waals surface area contributed by atoms with Gasteiger partial charge in [0.2, 0.25) is 11.7 Å². The molecule has 3 aromatic rings. The zero-order chi connectivity index (χ0) is 23.8. The van der Waals surface area contributed by atoms with E-state index in [1.807, 2.05) is 13.0 Å². The summed E-state index contributed by atoms with van der Waals surface area (Å²) < 4.78 is 32.7. The smallest absolute Gasteiger partial charge is 0.251 e. The highest BCUT2D eigenvalue weighted by atomic mass is 19.1. The second-order valence-corrected chi connectivity index (χ2v) is 9.33. The van der Waals surface area contributed by atoms with Gasteiger partial charge in [-0.05, 0) is 62.3 Å². The lowest BCUT2D eigenvalue weighted by molar-refractivity contribution is 0.0882. The summed E-state index contributed by atoms with van der Waals surface area (Å²) in [6.45, 7) is 6.33. The Morgan fingerprint density at radius 3 is 2.39 bits per heavy atom. The number of aromatic nitrogens is 4. The van der Waals surface area contributed by atoms with E-state index in [9.17, 15) is 18.7 Å². The van der Waals surface area contributed by atoms with Crippen LogP contribution < -0.4 is 5.32 Å². The highest BCUT2D eigenvalue weighted by Crippen LogP contribution is 2.46. The van der Waals surface area contributed by atoms with Crippen LogP contribution in [0.15, 0.2) is 28.8 Å². The van der Waals surface area contributed by atoms with Crippen LogP contribution in [-0.4, -0.2) is 37.9 Å². The molecule has 1 aliphatic carbocycles. The third-order valence-corrected chi connectivity index (χ3v) is 6.48. The number of phenolic OH excluding ortho intramolecular Hbond substituents is 1. The summed E-state index contributed by atoms with van der Waals surface area (Å²) >= 11 is 0. The van der Waals surface area contributed by atoms with Gasteiger partial charge in [-0.2, -0.15) is 10.1 Å². The molecule has 1 saturated carbocycles. The van der Waals surface area contributed by atoms with Gasteiger partial charge in [-0.15, -0.1) is 5.10 Å². The lowest BCUT2D eigenvalue weighted by Gasteiger charge is -2.41.